The smallest absolute Gasteiger partial charge is 0.00895 e. The molecule has 0 aromatic rings. The van der Waals surface area contributed by atoms with Gasteiger partial charge in [0.1, 0.15) is 0 Å². The molecule has 0 saturated heterocycles. The topological polar surface area (TPSA) is 3.24 Å². The van der Waals surface area contributed by atoms with Crippen molar-refractivity contribution in [1.29, 1.82) is 0 Å². The van der Waals surface area contributed by atoms with E-state index >= 15 is 0 Å². The predicted octanol–water partition coefficient (Wildman–Crippen LogP) is 2.31. The van der Waals surface area contributed by atoms with Gasteiger partial charge in [0.05, 0.1) is 0 Å². The van der Waals surface area contributed by atoms with Crippen LogP contribution in [0.2, 0.25) is 0 Å². The summed E-state index contributed by atoms with van der Waals surface area (Å²) in [4.78, 5) is 2.12. The lowest BCUT2D eigenvalue weighted by molar-refractivity contribution is 0.492. The minimum Gasteiger partial charge on any atom is -0.381 e. The molecule has 0 N–H and O–H groups in total. The second-order valence-electron chi connectivity index (χ2n) is 3.05. The fraction of sp³-hybridized carbons (Fsp3) is 0.667. The van der Waals surface area contributed by atoms with Crippen LogP contribution < -0.4 is 0 Å². The van der Waals surface area contributed by atoms with Crippen molar-refractivity contribution >= 4 is 0 Å². The van der Waals surface area contributed by atoms with Gasteiger partial charge in [0.2, 0.25) is 0 Å². The summed E-state index contributed by atoms with van der Waals surface area (Å²) in [5.74, 6) is 0.624. The summed E-state index contributed by atoms with van der Waals surface area (Å²) in [6.07, 6.45) is 3.12. The van der Waals surface area contributed by atoms with Crippen LogP contribution in [0, 0.1) is 12.8 Å². The molecule has 0 bridgehead atoms. The summed E-state index contributed by atoms with van der Waals surface area (Å²) in [5.41, 5.74) is 1.31. The Labute approximate surface area is 64.7 Å². The van der Waals surface area contributed by atoms with E-state index in [1.54, 1.807) is 0 Å². The molecule has 0 aliphatic heterocycles. The summed E-state index contributed by atoms with van der Waals surface area (Å²) < 4.78 is 0. The van der Waals surface area contributed by atoms with E-state index in [4.69, 9.17) is 0 Å². The van der Waals surface area contributed by atoms with E-state index in [9.17, 15) is 0 Å². The Morgan fingerprint density at radius 3 is 2.10 bits per heavy atom. The van der Waals surface area contributed by atoms with E-state index in [0.717, 1.165) is 6.42 Å². The molecule has 0 aromatic carbocycles. The van der Waals surface area contributed by atoms with Gasteiger partial charge in [-0.05, 0) is 19.3 Å². The molecule has 0 aliphatic carbocycles. The maximum absolute atomic E-state index is 3.85. The van der Waals surface area contributed by atoms with Gasteiger partial charge in [0.15, 0.2) is 0 Å². The van der Waals surface area contributed by atoms with Crippen LogP contribution in [0.1, 0.15) is 20.3 Å². The van der Waals surface area contributed by atoms with Crippen molar-refractivity contribution in [2.24, 2.45) is 5.92 Å². The Bertz CT molecular complexity index is 112. The van der Waals surface area contributed by atoms with E-state index in [1.165, 1.54) is 5.70 Å². The second-order valence-corrected chi connectivity index (χ2v) is 3.05. The number of hydrogen-bond acceptors (Lipinski definition) is 1. The van der Waals surface area contributed by atoms with Gasteiger partial charge < -0.3 is 4.90 Å². The van der Waals surface area contributed by atoms with Crippen LogP contribution in [0.15, 0.2) is 11.8 Å². The van der Waals surface area contributed by atoms with Crippen LogP contribution >= 0.6 is 0 Å². The predicted molar refractivity (Wildman–Crippen MR) is 46.6 cm³/mol. The number of hydrogen-bond donors (Lipinski definition) is 0. The van der Waals surface area contributed by atoms with Crippen molar-refractivity contribution in [1.82, 2.24) is 4.90 Å². The maximum atomic E-state index is 3.85. The Balaban J connectivity index is 4.04. The van der Waals surface area contributed by atoms with Crippen molar-refractivity contribution in [3.05, 3.63) is 18.7 Å². The molecule has 0 unspecified atom stereocenters. The first-order valence-corrected chi connectivity index (χ1v) is 3.75. The average molecular weight is 140 g/mol. The Kier molecular flexibility index (Phi) is 4.17. The van der Waals surface area contributed by atoms with Gasteiger partial charge >= 0.3 is 0 Å². The van der Waals surface area contributed by atoms with Gasteiger partial charge in [0, 0.05) is 19.8 Å². The Morgan fingerprint density at radius 1 is 1.50 bits per heavy atom. The molecule has 0 fully saturated rings. The first-order valence-electron chi connectivity index (χ1n) is 3.75. The highest BCUT2D eigenvalue weighted by Crippen LogP contribution is 2.07. The van der Waals surface area contributed by atoms with Gasteiger partial charge in [-0.15, -0.1) is 0 Å². The van der Waals surface area contributed by atoms with E-state index in [2.05, 4.69) is 45.8 Å². The zero-order valence-electron chi connectivity index (χ0n) is 7.52. The molecule has 0 saturated carbocycles. The molecule has 1 nitrogen and oxygen atoms in total. The SMILES string of the molecule is [CH2]CC(=CC(C)C)N(C)C. The lowest BCUT2D eigenvalue weighted by atomic mass is 10.1. The van der Waals surface area contributed by atoms with Gasteiger partial charge in [0.25, 0.3) is 0 Å². The largest absolute Gasteiger partial charge is 0.381 e. The minimum absolute atomic E-state index is 0.624. The normalized spacial score (nSPS) is 12.4. The average Bonchev–Trinajstić information content (AvgIpc) is 1.81. The Hall–Kier alpha value is -0.460. The van der Waals surface area contributed by atoms with E-state index in [0.29, 0.717) is 5.92 Å². The molecule has 0 amide bonds. The molecule has 59 valence electrons. The monoisotopic (exact) mass is 140 g/mol. The van der Waals surface area contributed by atoms with Crippen molar-refractivity contribution in [3.8, 4) is 0 Å². The fourth-order valence-corrected chi connectivity index (χ4v) is 0.841. The molecule has 0 aliphatic rings. The van der Waals surface area contributed by atoms with E-state index < -0.39 is 0 Å². The van der Waals surface area contributed by atoms with Crippen molar-refractivity contribution < 1.29 is 0 Å². The van der Waals surface area contributed by atoms with Gasteiger partial charge in [-0.3, -0.25) is 0 Å². The third kappa shape index (κ3) is 3.54. The lowest BCUT2D eigenvalue weighted by Gasteiger charge is -2.16. The van der Waals surface area contributed by atoms with Crippen molar-refractivity contribution in [3.63, 3.8) is 0 Å². The van der Waals surface area contributed by atoms with Crippen molar-refractivity contribution in [2.75, 3.05) is 14.1 Å². The molecule has 0 aromatic heterocycles. The molecule has 0 atom stereocenters. The van der Waals surface area contributed by atoms with Crippen LogP contribution in [0.3, 0.4) is 0 Å². The standard InChI is InChI=1S/C9H18N/c1-6-9(10(4)5)7-8(2)3/h7-8H,1,6H2,2-5H3. The van der Waals surface area contributed by atoms with E-state index in [1.807, 2.05) is 0 Å². The first kappa shape index (κ1) is 9.54. The van der Waals surface area contributed by atoms with Crippen LogP contribution in [-0.2, 0) is 0 Å². The second kappa shape index (κ2) is 4.37. The number of allylic oxidation sites excluding steroid dienone is 2. The third-order valence-electron chi connectivity index (χ3n) is 1.36. The minimum atomic E-state index is 0.624. The number of rotatable bonds is 3. The summed E-state index contributed by atoms with van der Waals surface area (Å²) >= 11 is 0. The molecule has 0 spiro atoms. The Morgan fingerprint density at radius 2 is 2.00 bits per heavy atom. The highest BCUT2D eigenvalue weighted by Gasteiger charge is 1.96. The highest BCUT2D eigenvalue weighted by atomic mass is 15.1. The molecule has 10 heavy (non-hydrogen) atoms. The molecular formula is C9H18N. The molecule has 0 heterocycles. The first-order chi connectivity index (χ1) is 4.57. The van der Waals surface area contributed by atoms with Crippen LogP contribution in [0.25, 0.3) is 0 Å². The van der Waals surface area contributed by atoms with Gasteiger partial charge in [-0.25, -0.2) is 0 Å². The van der Waals surface area contributed by atoms with Crippen LogP contribution in [0.5, 0.6) is 0 Å². The molecule has 1 heteroatoms. The fourth-order valence-electron chi connectivity index (χ4n) is 0.841. The highest BCUT2D eigenvalue weighted by molar-refractivity contribution is 5.01. The summed E-state index contributed by atoms with van der Waals surface area (Å²) in [6.45, 7) is 8.21. The molecule has 0 rings (SSSR count). The van der Waals surface area contributed by atoms with Gasteiger partial charge in [-0.1, -0.05) is 19.9 Å². The zero-order chi connectivity index (χ0) is 8.15. The third-order valence-corrected chi connectivity index (χ3v) is 1.36. The number of nitrogens with zero attached hydrogens (tertiary/aromatic N) is 1. The van der Waals surface area contributed by atoms with Crippen LogP contribution in [0.4, 0.5) is 0 Å². The van der Waals surface area contributed by atoms with E-state index in [-0.39, 0.29) is 0 Å². The summed E-state index contributed by atoms with van der Waals surface area (Å²) in [5, 5.41) is 0. The quantitative estimate of drug-likeness (QED) is 0.581. The van der Waals surface area contributed by atoms with Crippen molar-refractivity contribution in [2.45, 2.75) is 20.3 Å². The maximum Gasteiger partial charge on any atom is 0.00895 e. The van der Waals surface area contributed by atoms with Crippen LogP contribution in [-0.4, -0.2) is 19.0 Å². The molecule has 1 radical (unpaired) electrons. The zero-order valence-corrected chi connectivity index (χ0v) is 7.52. The van der Waals surface area contributed by atoms with Gasteiger partial charge in [-0.2, -0.15) is 0 Å². The lowest BCUT2D eigenvalue weighted by Crippen LogP contribution is -2.11. The molecular weight excluding hydrogens is 122 g/mol. The summed E-state index contributed by atoms with van der Waals surface area (Å²) in [6, 6.07) is 0. The summed E-state index contributed by atoms with van der Waals surface area (Å²) in [7, 11) is 4.11.